The SMILES string of the molecule is Cn1cc([C@H]2CNC[C@@H]2C(=O)N2CCCC3(CCCCC3)C2)cn1. The summed E-state index contributed by atoms with van der Waals surface area (Å²) < 4.78 is 1.84. The van der Waals surface area contributed by atoms with E-state index in [-0.39, 0.29) is 11.8 Å². The van der Waals surface area contributed by atoms with Gasteiger partial charge in [-0.25, -0.2) is 0 Å². The van der Waals surface area contributed by atoms with Gasteiger partial charge in [-0.3, -0.25) is 9.48 Å². The summed E-state index contributed by atoms with van der Waals surface area (Å²) in [5.41, 5.74) is 1.63. The Hall–Kier alpha value is -1.36. The Morgan fingerprint density at radius 1 is 1.21 bits per heavy atom. The van der Waals surface area contributed by atoms with Gasteiger partial charge >= 0.3 is 0 Å². The minimum Gasteiger partial charge on any atom is -0.342 e. The standard InChI is InChI=1S/C19H30N4O/c1-22-13-15(10-21-22)16-11-20-12-17(16)18(24)23-9-5-8-19(14-23)6-3-2-4-7-19/h10,13,16-17,20H,2-9,11-12,14H2,1H3/t16-,17+/m1/s1. The molecule has 1 aliphatic carbocycles. The number of amides is 1. The summed E-state index contributed by atoms with van der Waals surface area (Å²) in [6.45, 7) is 3.65. The molecule has 2 aliphatic heterocycles. The third-order valence-corrected chi connectivity index (χ3v) is 6.57. The number of hydrogen-bond acceptors (Lipinski definition) is 3. The number of likely N-dealkylation sites (tertiary alicyclic amines) is 1. The average molecular weight is 330 g/mol. The van der Waals surface area contributed by atoms with Crippen LogP contribution in [0.3, 0.4) is 0 Å². The number of nitrogens with one attached hydrogen (secondary N) is 1. The van der Waals surface area contributed by atoms with Crippen LogP contribution in [0.25, 0.3) is 0 Å². The van der Waals surface area contributed by atoms with Crippen molar-refractivity contribution >= 4 is 5.91 Å². The molecule has 2 atom stereocenters. The predicted molar refractivity (Wildman–Crippen MR) is 93.6 cm³/mol. The zero-order valence-corrected chi connectivity index (χ0v) is 14.8. The summed E-state index contributed by atoms with van der Waals surface area (Å²) in [4.78, 5) is 15.5. The monoisotopic (exact) mass is 330 g/mol. The summed E-state index contributed by atoms with van der Waals surface area (Å²) in [5, 5.41) is 7.74. The maximum Gasteiger partial charge on any atom is 0.227 e. The lowest BCUT2D eigenvalue weighted by molar-refractivity contribution is -0.139. The highest BCUT2D eigenvalue weighted by Gasteiger charge is 2.42. The van der Waals surface area contributed by atoms with Gasteiger partial charge in [-0.15, -0.1) is 0 Å². The van der Waals surface area contributed by atoms with E-state index < -0.39 is 0 Å². The summed E-state index contributed by atoms with van der Waals surface area (Å²) in [6, 6.07) is 0. The molecule has 1 amide bonds. The van der Waals surface area contributed by atoms with E-state index in [0.717, 1.165) is 26.2 Å². The van der Waals surface area contributed by atoms with Crippen molar-refractivity contribution in [2.45, 2.75) is 50.9 Å². The second kappa shape index (κ2) is 6.51. The van der Waals surface area contributed by atoms with Crippen molar-refractivity contribution in [1.29, 1.82) is 0 Å². The fourth-order valence-electron chi connectivity index (χ4n) is 5.26. The van der Waals surface area contributed by atoms with E-state index in [1.807, 2.05) is 17.9 Å². The fraction of sp³-hybridized carbons (Fsp3) is 0.789. The smallest absolute Gasteiger partial charge is 0.227 e. The number of aryl methyl sites for hydroxylation is 1. The quantitative estimate of drug-likeness (QED) is 0.905. The molecule has 3 heterocycles. The number of aromatic nitrogens is 2. The van der Waals surface area contributed by atoms with Gasteiger partial charge in [0.1, 0.15) is 0 Å². The van der Waals surface area contributed by atoms with Crippen LogP contribution in [0.15, 0.2) is 12.4 Å². The average Bonchev–Trinajstić information content (AvgIpc) is 3.23. The molecule has 5 nitrogen and oxygen atoms in total. The summed E-state index contributed by atoms with van der Waals surface area (Å²) in [5.74, 6) is 0.724. The van der Waals surface area contributed by atoms with E-state index in [1.165, 1.54) is 50.5 Å². The normalized spacial score (nSPS) is 30.0. The maximum absolute atomic E-state index is 13.3. The molecule has 1 spiro atoms. The first-order valence-electron chi connectivity index (χ1n) is 9.65. The molecular formula is C19H30N4O. The topological polar surface area (TPSA) is 50.2 Å². The van der Waals surface area contributed by atoms with Gasteiger partial charge in [0.25, 0.3) is 0 Å². The fourth-order valence-corrected chi connectivity index (χ4v) is 5.26. The lowest BCUT2D eigenvalue weighted by Crippen LogP contribution is -2.49. The Morgan fingerprint density at radius 2 is 2.00 bits per heavy atom. The first kappa shape index (κ1) is 16.1. The summed E-state index contributed by atoms with van der Waals surface area (Å²) in [7, 11) is 1.94. The van der Waals surface area contributed by atoms with Gasteiger partial charge in [-0.1, -0.05) is 19.3 Å². The van der Waals surface area contributed by atoms with Crippen LogP contribution < -0.4 is 5.32 Å². The van der Waals surface area contributed by atoms with E-state index in [2.05, 4.69) is 21.5 Å². The molecular weight excluding hydrogens is 300 g/mol. The highest BCUT2D eigenvalue weighted by Crippen LogP contribution is 2.44. The molecule has 24 heavy (non-hydrogen) atoms. The Morgan fingerprint density at radius 3 is 2.75 bits per heavy atom. The van der Waals surface area contributed by atoms with Gasteiger partial charge in [-0.05, 0) is 36.7 Å². The zero-order chi connectivity index (χ0) is 16.6. The first-order chi connectivity index (χ1) is 11.7. The van der Waals surface area contributed by atoms with Crippen LogP contribution in [0.4, 0.5) is 0 Å². The second-order valence-corrected chi connectivity index (χ2v) is 8.24. The van der Waals surface area contributed by atoms with Gasteiger partial charge in [0.05, 0.1) is 12.1 Å². The molecule has 0 radical (unpaired) electrons. The van der Waals surface area contributed by atoms with Crippen molar-refractivity contribution in [2.24, 2.45) is 18.4 Å². The van der Waals surface area contributed by atoms with E-state index in [4.69, 9.17) is 0 Å². The van der Waals surface area contributed by atoms with Gasteiger partial charge in [0, 0.05) is 45.3 Å². The number of carbonyl (C=O) groups is 1. The Labute approximate surface area is 144 Å². The van der Waals surface area contributed by atoms with Crippen LogP contribution >= 0.6 is 0 Å². The molecule has 5 heteroatoms. The number of rotatable bonds is 2. The maximum atomic E-state index is 13.3. The van der Waals surface area contributed by atoms with E-state index in [9.17, 15) is 4.79 Å². The second-order valence-electron chi connectivity index (χ2n) is 8.24. The number of carbonyl (C=O) groups excluding carboxylic acids is 1. The molecule has 1 saturated carbocycles. The molecule has 0 aromatic carbocycles. The van der Waals surface area contributed by atoms with Crippen molar-refractivity contribution in [1.82, 2.24) is 20.0 Å². The molecule has 0 unspecified atom stereocenters. The molecule has 4 rings (SSSR count). The molecule has 1 aromatic rings. The zero-order valence-electron chi connectivity index (χ0n) is 14.8. The molecule has 2 saturated heterocycles. The number of nitrogens with zero attached hydrogens (tertiary/aromatic N) is 3. The van der Waals surface area contributed by atoms with Crippen LogP contribution in [0.1, 0.15) is 56.4 Å². The molecule has 3 fully saturated rings. The Balaban J connectivity index is 1.48. The molecule has 132 valence electrons. The highest BCUT2D eigenvalue weighted by molar-refractivity contribution is 5.80. The summed E-state index contributed by atoms with van der Waals surface area (Å²) in [6.07, 6.45) is 13.2. The Bertz CT molecular complexity index is 584. The predicted octanol–water partition coefficient (Wildman–Crippen LogP) is 2.30. The highest BCUT2D eigenvalue weighted by atomic mass is 16.2. The van der Waals surface area contributed by atoms with Gasteiger partial charge in [0.2, 0.25) is 5.91 Å². The van der Waals surface area contributed by atoms with Crippen molar-refractivity contribution in [3.8, 4) is 0 Å². The lowest BCUT2D eigenvalue weighted by atomic mass is 9.69. The number of hydrogen-bond donors (Lipinski definition) is 1. The largest absolute Gasteiger partial charge is 0.342 e. The van der Waals surface area contributed by atoms with E-state index in [1.54, 1.807) is 0 Å². The van der Waals surface area contributed by atoms with Crippen LogP contribution in [0.2, 0.25) is 0 Å². The van der Waals surface area contributed by atoms with Gasteiger partial charge < -0.3 is 10.2 Å². The molecule has 1 aromatic heterocycles. The van der Waals surface area contributed by atoms with Crippen LogP contribution in [-0.4, -0.2) is 46.8 Å². The third kappa shape index (κ3) is 2.99. The molecule has 3 aliphatic rings. The van der Waals surface area contributed by atoms with Gasteiger partial charge in [0.15, 0.2) is 0 Å². The van der Waals surface area contributed by atoms with Crippen LogP contribution in [0.5, 0.6) is 0 Å². The molecule has 1 N–H and O–H groups in total. The summed E-state index contributed by atoms with van der Waals surface area (Å²) >= 11 is 0. The lowest BCUT2D eigenvalue weighted by Gasteiger charge is -2.46. The Kier molecular flexibility index (Phi) is 4.37. The van der Waals surface area contributed by atoms with Crippen molar-refractivity contribution in [2.75, 3.05) is 26.2 Å². The van der Waals surface area contributed by atoms with Crippen molar-refractivity contribution < 1.29 is 4.79 Å². The van der Waals surface area contributed by atoms with Gasteiger partial charge in [-0.2, -0.15) is 5.10 Å². The molecule has 0 bridgehead atoms. The van der Waals surface area contributed by atoms with Crippen molar-refractivity contribution in [3.63, 3.8) is 0 Å². The van der Waals surface area contributed by atoms with E-state index in [0.29, 0.717) is 11.3 Å². The minimum absolute atomic E-state index is 0.0768. The number of piperidine rings is 1. The minimum atomic E-state index is 0.0768. The van der Waals surface area contributed by atoms with Crippen LogP contribution in [0, 0.1) is 11.3 Å². The van der Waals surface area contributed by atoms with Crippen molar-refractivity contribution in [3.05, 3.63) is 18.0 Å². The first-order valence-corrected chi connectivity index (χ1v) is 9.65. The van der Waals surface area contributed by atoms with E-state index >= 15 is 0 Å². The third-order valence-electron chi connectivity index (χ3n) is 6.57. The van der Waals surface area contributed by atoms with Crippen LogP contribution in [-0.2, 0) is 11.8 Å².